The minimum atomic E-state index is -2.90. The third-order valence-corrected chi connectivity index (χ3v) is 5.60. The number of anilines is 1. The molecule has 3 aromatic rings. The van der Waals surface area contributed by atoms with E-state index in [2.05, 4.69) is 20.2 Å². The number of hydrogen-bond donors (Lipinski definition) is 1. The third-order valence-electron chi connectivity index (χ3n) is 5.60. The first kappa shape index (κ1) is 22.8. The number of benzene rings is 2. The number of hydrogen-bond acceptors (Lipinski definition) is 6. The Hall–Kier alpha value is -3.40. The van der Waals surface area contributed by atoms with Crippen molar-refractivity contribution in [3.05, 3.63) is 60.2 Å². The van der Waals surface area contributed by atoms with Crippen molar-refractivity contribution in [1.29, 1.82) is 0 Å². The second kappa shape index (κ2) is 10.0. The van der Waals surface area contributed by atoms with Crippen molar-refractivity contribution in [3.63, 3.8) is 0 Å². The molecule has 0 spiro atoms. The minimum absolute atomic E-state index is 0.0205. The van der Waals surface area contributed by atoms with Crippen molar-refractivity contribution in [3.8, 4) is 17.1 Å². The molecule has 2 atom stereocenters. The Morgan fingerprint density at radius 3 is 2.76 bits per heavy atom. The average molecular weight is 460 g/mol. The number of halogens is 3. The molecule has 10 heteroatoms. The highest BCUT2D eigenvalue weighted by Gasteiger charge is 2.31. The van der Waals surface area contributed by atoms with Crippen LogP contribution in [0.25, 0.3) is 11.4 Å². The van der Waals surface area contributed by atoms with Crippen molar-refractivity contribution < 1.29 is 27.2 Å². The lowest BCUT2D eigenvalue weighted by molar-refractivity contribution is -0.121. The highest BCUT2D eigenvalue weighted by atomic mass is 19.3. The van der Waals surface area contributed by atoms with Gasteiger partial charge in [0.2, 0.25) is 17.6 Å². The van der Waals surface area contributed by atoms with E-state index in [4.69, 9.17) is 4.52 Å². The Labute approximate surface area is 188 Å². The molecule has 1 aliphatic heterocycles. The number of carbonyl (C=O) groups excluding carboxylic acids is 1. The summed E-state index contributed by atoms with van der Waals surface area (Å²) in [5.74, 6) is 0.164. The second-order valence-corrected chi connectivity index (χ2v) is 7.87. The van der Waals surface area contributed by atoms with Gasteiger partial charge in [-0.15, -0.1) is 0 Å². The molecule has 2 aromatic carbocycles. The van der Waals surface area contributed by atoms with E-state index in [1.54, 1.807) is 19.1 Å². The number of nitrogens with zero attached hydrogens (tertiary/aromatic N) is 3. The molecular formula is C23H23F3N4O3. The summed E-state index contributed by atoms with van der Waals surface area (Å²) in [6, 6.07) is 11.3. The van der Waals surface area contributed by atoms with E-state index in [1.165, 1.54) is 36.4 Å². The molecule has 0 saturated carbocycles. The molecule has 0 bridgehead atoms. The first-order valence-corrected chi connectivity index (χ1v) is 10.6. The fraction of sp³-hybridized carbons (Fsp3) is 0.348. The fourth-order valence-electron chi connectivity index (χ4n) is 3.84. The molecule has 1 aromatic heterocycles. The zero-order valence-electron chi connectivity index (χ0n) is 17.9. The number of aromatic nitrogens is 2. The lowest BCUT2D eigenvalue weighted by atomic mass is 9.96. The van der Waals surface area contributed by atoms with E-state index in [0.29, 0.717) is 29.5 Å². The summed E-state index contributed by atoms with van der Waals surface area (Å²) in [4.78, 5) is 19.2. The van der Waals surface area contributed by atoms with E-state index < -0.39 is 12.7 Å². The maximum Gasteiger partial charge on any atom is 0.387 e. The Kier molecular flexibility index (Phi) is 6.93. The maximum atomic E-state index is 13.5. The maximum absolute atomic E-state index is 13.5. The van der Waals surface area contributed by atoms with Crippen LogP contribution in [-0.4, -0.2) is 46.7 Å². The molecule has 1 amide bonds. The van der Waals surface area contributed by atoms with Gasteiger partial charge in [0.25, 0.3) is 0 Å². The Balaban J connectivity index is 1.37. The zero-order chi connectivity index (χ0) is 23.4. The Morgan fingerprint density at radius 2 is 2.03 bits per heavy atom. The average Bonchev–Trinajstić information content (AvgIpc) is 3.30. The SMILES string of the molecule is CC(C(=O)Nc1ccc(OC(F)F)cc1)N1CCCC(c2nc(-c3cccc(F)c3)no2)C1. The van der Waals surface area contributed by atoms with Gasteiger partial charge in [0.05, 0.1) is 12.0 Å². The topological polar surface area (TPSA) is 80.5 Å². The molecule has 7 nitrogen and oxygen atoms in total. The van der Waals surface area contributed by atoms with Gasteiger partial charge in [-0.3, -0.25) is 9.69 Å². The summed E-state index contributed by atoms with van der Waals surface area (Å²) in [5.41, 5.74) is 1.02. The fourth-order valence-corrected chi connectivity index (χ4v) is 3.84. The van der Waals surface area contributed by atoms with Crippen LogP contribution >= 0.6 is 0 Å². The number of piperidine rings is 1. The van der Waals surface area contributed by atoms with Crippen LogP contribution in [0.4, 0.5) is 18.9 Å². The van der Waals surface area contributed by atoms with Gasteiger partial charge in [0.1, 0.15) is 11.6 Å². The number of alkyl halides is 2. The molecular weight excluding hydrogens is 437 g/mol. The number of ether oxygens (including phenoxy) is 1. The lowest BCUT2D eigenvalue weighted by Gasteiger charge is -2.34. The summed E-state index contributed by atoms with van der Waals surface area (Å²) in [6.07, 6.45) is 1.68. The van der Waals surface area contributed by atoms with Crippen LogP contribution in [0.15, 0.2) is 53.1 Å². The first-order chi connectivity index (χ1) is 15.9. The summed E-state index contributed by atoms with van der Waals surface area (Å²) < 4.78 is 47.8. The van der Waals surface area contributed by atoms with Crippen molar-refractivity contribution in [2.75, 3.05) is 18.4 Å². The largest absolute Gasteiger partial charge is 0.435 e. The minimum Gasteiger partial charge on any atom is -0.435 e. The molecule has 2 heterocycles. The van der Waals surface area contributed by atoms with Gasteiger partial charge in [-0.25, -0.2) is 4.39 Å². The van der Waals surface area contributed by atoms with Crippen LogP contribution in [0.2, 0.25) is 0 Å². The monoisotopic (exact) mass is 460 g/mol. The van der Waals surface area contributed by atoms with Gasteiger partial charge in [0.15, 0.2) is 0 Å². The van der Waals surface area contributed by atoms with Crippen LogP contribution in [0.5, 0.6) is 5.75 Å². The normalized spacial score (nSPS) is 17.7. The Bertz CT molecular complexity index is 1090. The summed E-state index contributed by atoms with van der Waals surface area (Å²) >= 11 is 0. The number of carbonyl (C=O) groups is 1. The molecule has 1 aliphatic rings. The van der Waals surface area contributed by atoms with E-state index >= 15 is 0 Å². The highest BCUT2D eigenvalue weighted by Crippen LogP contribution is 2.29. The predicted octanol–water partition coefficient (Wildman–Crippen LogP) is 4.68. The molecule has 1 fully saturated rings. The van der Waals surface area contributed by atoms with Crippen molar-refractivity contribution in [1.82, 2.24) is 15.0 Å². The number of amides is 1. The predicted molar refractivity (Wildman–Crippen MR) is 114 cm³/mol. The van der Waals surface area contributed by atoms with Crippen molar-refractivity contribution >= 4 is 11.6 Å². The van der Waals surface area contributed by atoms with Gasteiger partial charge >= 0.3 is 6.61 Å². The number of nitrogens with one attached hydrogen (secondary N) is 1. The van der Waals surface area contributed by atoms with E-state index in [-0.39, 0.29) is 23.4 Å². The molecule has 4 rings (SSSR count). The third kappa shape index (κ3) is 5.70. The number of likely N-dealkylation sites (tertiary alicyclic amines) is 1. The van der Waals surface area contributed by atoms with Crippen molar-refractivity contribution in [2.24, 2.45) is 0 Å². The molecule has 174 valence electrons. The van der Waals surface area contributed by atoms with Crippen LogP contribution in [0.3, 0.4) is 0 Å². The molecule has 0 radical (unpaired) electrons. The van der Waals surface area contributed by atoms with Crippen molar-refractivity contribution in [2.45, 2.75) is 38.3 Å². The molecule has 1 N–H and O–H groups in total. The van der Waals surface area contributed by atoms with Crippen LogP contribution in [0, 0.1) is 5.82 Å². The standard InChI is InChI=1S/C23H23F3N4O3/c1-14(21(31)27-18-7-9-19(10-8-18)32-23(25)26)30-11-3-5-16(13-30)22-28-20(29-33-22)15-4-2-6-17(24)12-15/h2,4,6-10,12,14,16,23H,3,5,11,13H2,1H3,(H,27,31). The van der Waals surface area contributed by atoms with Crippen LogP contribution in [-0.2, 0) is 4.79 Å². The molecule has 0 aliphatic carbocycles. The van der Waals surface area contributed by atoms with Crippen LogP contribution in [0.1, 0.15) is 31.6 Å². The van der Waals surface area contributed by atoms with Gasteiger partial charge in [-0.05, 0) is 62.7 Å². The van der Waals surface area contributed by atoms with Gasteiger partial charge in [-0.1, -0.05) is 17.3 Å². The Morgan fingerprint density at radius 1 is 1.24 bits per heavy atom. The van der Waals surface area contributed by atoms with Crippen LogP contribution < -0.4 is 10.1 Å². The zero-order valence-corrected chi connectivity index (χ0v) is 17.9. The second-order valence-electron chi connectivity index (χ2n) is 7.87. The molecule has 2 unspecified atom stereocenters. The molecule has 33 heavy (non-hydrogen) atoms. The van der Waals surface area contributed by atoms with E-state index in [9.17, 15) is 18.0 Å². The number of rotatable bonds is 7. The summed E-state index contributed by atoms with van der Waals surface area (Å²) in [5, 5.41) is 6.78. The quantitative estimate of drug-likeness (QED) is 0.551. The summed E-state index contributed by atoms with van der Waals surface area (Å²) in [6.45, 7) is 0.191. The van der Waals surface area contributed by atoms with E-state index in [1.807, 2.05) is 4.90 Å². The van der Waals surface area contributed by atoms with Gasteiger partial charge < -0.3 is 14.6 Å². The first-order valence-electron chi connectivity index (χ1n) is 10.6. The highest BCUT2D eigenvalue weighted by molar-refractivity contribution is 5.94. The smallest absolute Gasteiger partial charge is 0.387 e. The van der Waals surface area contributed by atoms with Gasteiger partial charge in [0, 0.05) is 17.8 Å². The molecule has 1 saturated heterocycles. The van der Waals surface area contributed by atoms with E-state index in [0.717, 1.165) is 19.4 Å². The lowest BCUT2D eigenvalue weighted by Crippen LogP contribution is -2.46. The van der Waals surface area contributed by atoms with Gasteiger partial charge in [-0.2, -0.15) is 13.8 Å². The summed E-state index contributed by atoms with van der Waals surface area (Å²) in [7, 11) is 0.